The normalized spacial score (nSPS) is 40.8. The molecule has 29 heavy (non-hydrogen) atoms. The number of aliphatic carboxylic acids is 1. The molecule has 0 aliphatic heterocycles. The monoisotopic (exact) mass is 402 g/mol. The summed E-state index contributed by atoms with van der Waals surface area (Å²) in [5.41, 5.74) is 0.000623. The molecule has 2 saturated carbocycles. The Labute approximate surface area is 177 Å². The molecule has 0 amide bonds. The minimum atomic E-state index is -0.606. The van der Waals surface area contributed by atoms with Crippen LogP contribution in [0.25, 0.3) is 0 Å². The average molecular weight is 403 g/mol. The quantitative estimate of drug-likeness (QED) is 0.527. The van der Waals surface area contributed by atoms with Gasteiger partial charge in [-0.2, -0.15) is 0 Å². The van der Waals surface area contributed by atoms with Gasteiger partial charge in [0, 0.05) is 6.42 Å². The maximum Gasteiger partial charge on any atom is 0.307 e. The zero-order valence-corrected chi connectivity index (χ0v) is 19.2. The molecule has 0 aromatic rings. The van der Waals surface area contributed by atoms with Crippen molar-refractivity contribution in [3.05, 3.63) is 12.2 Å². The molecule has 3 aliphatic rings. The molecule has 0 radical (unpaired) electrons. The van der Waals surface area contributed by atoms with Gasteiger partial charge in [0.05, 0.1) is 5.92 Å². The third kappa shape index (κ3) is 4.35. The molecule has 3 aliphatic carbocycles. The predicted octanol–water partition coefficient (Wildman–Crippen LogP) is 6.52. The molecule has 0 aromatic carbocycles. The molecule has 0 bridgehead atoms. The molecule has 0 spiro atoms. The second-order valence-corrected chi connectivity index (χ2v) is 11.4. The number of rotatable bonds is 7. The van der Waals surface area contributed by atoms with Gasteiger partial charge in [-0.1, -0.05) is 60.0 Å². The van der Waals surface area contributed by atoms with Gasteiger partial charge < -0.3 is 5.11 Å². The number of ketones is 1. The van der Waals surface area contributed by atoms with Crippen molar-refractivity contribution in [1.29, 1.82) is 0 Å². The van der Waals surface area contributed by atoms with Gasteiger partial charge >= 0.3 is 5.97 Å². The summed E-state index contributed by atoms with van der Waals surface area (Å²) in [5.74, 6) is 1.83. The van der Waals surface area contributed by atoms with Gasteiger partial charge in [0.2, 0.25) is 0 Å². The van der Waals surface area contributed by atoms with E-state index in [-0.39, 0.29) is 34.4 Å². The van der Waals surface area contributed by atoms with E-state index in [1.807, 2.05) is 6.08 Å². The highest BCUT2D eigenvalue weighted by atomic mass is 16.4. The first kappa shape index (κ1) is 22.6. The van der Waals surface area contributed by atoms with Gasteiger partial charge in [-0.05, 0) is 78.6 Å². The second-order valence-electron chi connectivity index (χ2n) is 11.4. The van der Waals surface area contributed by atoms with Crippen LogP contribution in [0.1, 0.15) is 92.4 Å². The van der Waals surface area contributed by atoms with Crippen molar-refractivity contribution in [2.75, 3.05) is 0 Å². The van der Waals surface area contributed by atoms with E-state index in [4.69, 9.17) is 0 Å². The molecule has 0 unspecified atom stereocenters. The molecule has 0 aromatic heterocycles. The number of fused-ring (bicyclic) bond motifs is 1. The molecular weight excluding hydrogens is 360 g/mol. The van der Waals surface area contributed by atoms with Crippen molar-refractivity contribution in [3.8, 4) is 0 Å². The Morgan fingerprint density at radius 2 is 1.83 bits per heavy atom. The minimum absolute atomic E-state index is 0.150. The zero-order valence-electron chi connectivity index (χ0n) is 19.2. The van der Waals surface area contributed by atoms with Crippen molar-refractivity contribution in [2.45, 2.75) is 92.4 Å². The average Bonchev–Trinajstić information content (AvgIpc) is 3.00. The molecule has 3 heteroatoms. The summed E-state index contributed by atoms with van der Waals surface area (Å²) in [6.07, 6.45) is 13.3. The molecule has 164 valence electrons. The number of hydrogen-bond donors (Lipinski definition) is 1. The lowest BCUT2D eigenvalue weighted by molar-refractivity contribution is -0.156. The third-order valence-electron chi connectivity index (χ3n) is 9.16. The van der Waals surface area contributed by atoms with Crippen LogP contribution in [-0.2, 0) is 9.59 Å². The zero-order chi connectivity index (χ0) is 21.4. The first-order valence-electron chi connectivity index (χ1n) is 12.0. The Bertz CT molecular complexity index is 650. The van der Waals surface area contributed by atoms with E-state index in [2.05, 4.69) is 34.6 Å². The van der Waals surface area contributed by atoms with E-state index < -0.39 is 5.97 Å². The van der Waals surface area contributed by atoms with Crippen LogP contribution in [0.3, 0.4) is 0 Å². The highest BCUT2D eigenvalue weighted by Crippen LogP contribution is 2.64. The number of carboxylic acids is 1. The highest BCUT2D eigenvalue weighted by Gasteiger charge is 2.59. The number of hydrogen-bond acceptors (Lipinski definition) is 2. The van der Waals surface area contributed by atoms with E-state index in [1.54, 1.807) is 6.08 Å². The second kappa shape index (κ2) is 8.55. The first-order chi connectivity index (χ1) is 13.6. The number of carboxylic acid groups (broad SMARTS) is 1. The topological polar surface area (TPSA) is 54.4 Å². The molecule has 2 fully saturated rings. The van der Waals surface area contributed by atoms with Gasteiger partial charge in [-0.15, -0.1) is 0 Å². The minimum Gasteiger partial charge on any atom is -0.481 e. The molecule has 3 rings (SSSR count). The van der Waals surface area contributed by atoms with Crippen molar-refractivity contribution in [1.82, 2.24) is 0 Å². The van der Waals surface area contributed by atoms with Crippen LogP contribution in [0.4, 0.5) is 0 Å². The SMILES string of the molecule is CC(C)CCC[C@H](C)[C@@H]1CC[C@@H]2[C@H](C(=O)O)[C@H]([C@]3(C)C=CC(=O)CC3)CC[C@]21C. The van der Waals surface area contributed by atoms with E-state index in [1.165, 1.54) is 25.7 Å². The first-order valence-corrected chi connectivity index (χ1v) is 12.0. The maximum atomic E-state index is 12.5. The van der Waals surface area contributed by atoms with E-state index in [9.17, 15) is 14.7 Å². The number of carbonyl (C=O) groups is 2. The van der Waals surface area contributed by atoms with Crippen LogP contribution in [0.5, 0.6) is 0 Å². The summed E-state index contributed by atoms with van der Waals surface area (Å²) in [4.78, 5) is 24.3. The van der Waals surface area contributed by atoms with Gasteiger partial charge in [-0.3, -0.25) is 9.59 Å². The lowest BCUT2D eigenvalue weighted by Crippen LogP contribution is -2.50. The lowest BCUT2D eigenvalue weighted by Gasteiger charge is -2.53. The van der Waals surface area contributed by atoms with Gasteiger partial charge in [0.25, 0.3) is 0 Å². The Hall–Kier alpha value is -1.12. The molecule has 0 heterocycles. The van der Waals surface area contributed by atoms with Gasteiger partial charge in [-0.25, -0.2) is 0 Å². The summed E-state index contributed by atoms with van der Waals surface area (Å²) in [6.45, 7) is 11.6. The van der Waals surface area contributed by atoms with Crippen molar-refractivity contribution >= 4 is 11.8 Å². The van der Waals surface area contributed by atoms with Crippen molar-refractivity contribution in [3.63, 3.8) is 0 Å². The van der Waals surface area contributed by atoms with Crippen LogP contribution in [0, 0.1) is 46.3 Å². The number of allylic oxidation sites excluding steroid dienone is 2. The van der Waals surface area contributed by atoms with E-state index in [0.29, 0.717) is 18.3 Å². The van der Waals surface area contributed by atoms with Crippen LogP contribution < -0.4 is 0 Å². The summed E-state index contributed by atoms with van der Waals surface area (Å²) < 4.78 is 0. The summed E-state index contributed by atoms with van der Waals surface area (Å²) in [6, 6.07) is 0. The smallest absolute Gasteiger partial charge is 0.307 e. The molecule has 1 N–H and O–H groups in total. The Kier molecular flexibility index (Phi) is 6.65. The highest BCUT2D eigenvalue weighted by molar-refractivity contribution is 5.90. The summed E-state index contributed by atoms with van der Waals surface area (Å²) in [7, 11) is 0. The molecule has 0 saturated heterocycles. The van der Waals surface area contributed by atoms with Gasteiger partial charge in [0.15, 0.2) is 5.78 Å². The van der Waals surface area contributed by atoms with Crippen LogP contribution in [0.15, 0.2) is 12.2 Å². The standard InChI is InChI=1S/C26H42O3/c1-17(2)7-6-8-18(3)20-9-10-22-23(24(28)29)21(13-16-26(20,22)5)25(4)14-11-19(27)12-15-25/h11,14,17-18,20-23H,6-10,12-13,15-16H2,1-5H3,(H,28,29)/t18-,20-,21+,22+,23+,25+,26-/m0/s1. The molecule has 3 nitrogen and oxygen atoms in total. The number of carbonyl (C=O) groups excluding carboxylic acids is 1. The fourth-order valence-electron chi connectivity index (χ4n) is 7.40. The van der Waals surface area contributed by atoms with Crippen LogP contribution in [-0.4, -0.2) is 16.9 Å². The van der Waals surface area contributed by atoms with Crippen LogP contribution in [0.2, 0.25) is 0 Å². The lowest BCUT2D eigenvalue weighted by atomic mass is 9.51. The van der Waals surface area contributed by atoms with E-state index >= 15 is 0 Å². The fourth-order valence-corrected chi connectivity index (χ4v) is 7.40. The Balaban J connectivity index is 1.79. The Morgan fingerprint density at radius 1 is 1.10 bits per heavy atom. The molecule has 7 atom stereocenters. The predicted molar refractivity (Wildman–Crippen MR) is 118 cm³/mol. The third-order valence-corrected chi connectivity index (χ3v) is 9.16. The van der Waals surface area contributed by atoms with Crippen molar-refractivity contribution in [2.24, 2.45) is 46.3 Å². The maximum absolute atomic E-state index is 12.5. The molecular formula is C26H42O3. The van der Waals surface area contributed by atoms with Crippen molar-refractivity contribution < 1.29 is 14.7 Å². The van der Waals surface area contributed by atoms with E-state index in [0.717, 1.165) is 31.6 Å². The fraction of sp³-hybridized carbons (Fsp3) is 0.846. The van der Waals surface area contributed by atoms with Crippen LogP contribution >= 0.6 is 0 Å². The largest absolute Gasteiger partial charge is 0.481 e. The summed E-state index contributed by atoms with van der Waals surface area (Å²) in [5, 5.41) is 10.3. The Morgan fingerprint density at radius 3 is 2.41 bits per heavy atom. The summed E-state index contributed by atoms with van der Waals surface area (Å²) >= 11 is 0. The van der Waals surface area contributed by atoms with Gasteiger partial charge in [0.1, 0.15) is 0 Å².